The number of aliphatic hydroxyl groups is 1. The van der Waals surface area contributed by atoms with Crippen LogP contribution in [0.2, 0.25) is 0 Å². The molecule has 0 aliphatic rings. The highest BCUT2D eigenvalue weighted by Gasteiger charge is 2.13. The maximum absolute atomic E-state index is 9.69. The number of aromatic nitrogens is 2. The fourth-order valence-corrected chi connectivity index (χ4v) is 1.78. The monoisotopic (exact) mass is 295 g/mol. The normalized spacial score (nSPS) is 11.8. The Morgan fingerprint density at radius 2 is 2.18 bits per heavy atom. The zero-order valence-corrected chi connectivity index (χ0v) is 11.3. The van der Waals surface area contributed by atoms with Gasteiger partial charge in [-0.15, -0.1) is 0 Å². The highest BCUT2D eigenvalue weighted by atomic mass is 79.9. The lowest BCUT2D eigenvalue weighted by Gasteiger charge is -2.19. The Morgan fingerprint density at radius 1 is 1.41 bits per heavy atom. The fourth-order valence-electron chi connectivity index (χ4n) is 1.46. The number of anilines is 1. The van der Waals surface area contributed by atoms with Crippen LogP contribution >= 0.6 is 15.9 Å². The smallest absolute Gasteiger partial charge is 0.112 e. The molecule has 4 nitrogen and oxygen atoms in total. The van der Waals surface area contributed by atoms with E-state index in [0.717, 1.165) is 21.2 Å². The highest BCUT2D eigenvalue weighted by molar-refractivity contribution is 9.10. The summed E-state index contributed by atoms with van der Waals surface area (Å²) in [5.41, 5.74) is 1.75. The van der Waals surface area contributed by atoms with E-state index in [0.29, 0.717) is 6.54 Å². The van der Waals surface area contributed by atoms with Gasteiger partial charge in [0.2, 0.25) is 0 Å². The largest absolute Gasteiger partial charge is 0.389 e. The predicted molar refractivity (Wildman–Crippen MR) is 72.0 cm³/mol. The van der Waals surface area contributed by atoms with Gasteiger partial charge >= 0.3 is 0 Å². The Balaban J connectivity index is 2.34. The molecule has 2 aromatic rings. The summed E-state index contributed by atoms with van der Waals surface area (Å²) in [6, 6.07) is 3.77. The van der Waals surface area contributed by atoms with Gasteiger partial charge in [0.25, 0.3) is 0 Å². The molecular formula is C12H14BrN3O. The Hall–Kier alpha value is -1.20. The molecule has 0 aliphatic carbocycles. The molecule has 0 fully saturated rings. The van der Waals surface area contributed by atoms with Crippen LogP contribution < -0.4 is 5.32 Å². The van der Waals surface area contributed by atoms with Crippen molar-refractivity contribution in [1.29, 1.82) is 0 Å². The second-order valence-electron chi connectivity index (χ2n) is 4.55. The summed E-state index contributed by atoms with van der Waals surface area (Å²) in [7, 11) is 0. The number of nitrogens with zero attached hydrogens (tertiary/aromatic N) is 2. The molecule has 2 N–H and O–H groups in total. The number of hydrogen-bond donors (Lipinski definition) is 2. The van der Waals surface area contributed by atoms with Gasteiger partial charge in [-0.2, -0.15) is 0 Å². The van der Waals surface area contributed by atoms with Gasteiger partial charge in [-0.05, 0) is 41.9 Å². The third-order valence-corrected chi connectivity index (χ3v) is 2.69. The first kappa shape index (κ1) is 12.3. The zero-order chi connectivity index (χ0) is 12.5. The summed E-state index contributed by atoms with van der Waals surface area (Å²) in [5, 5.41) is 12.9. The Bertz CT molecular complexity index is 537. The van der Waals surface area contributed by atoms with Crippen LogP contribution in [0.3, 0.4) is 0 Å². The number of halogens is 1. The van der Waals surface area contributed by atoms with E-state index in [2.05, 4.69) is 31.2 Å². The highest BCUT2D eigenvalue weighted by Crippen LogP contribution is 2.22. The van der Waals surface area contributed by atoms with Crippen molar-refractivity contribution >= 4 is 32.7 Å². The molecule has 2 aromatic heterocycles. The second-order valence-corrected chi connectivity index (χ2v) is 5.46. The number of rotatable bonds is 3. The van der Waals surface area contributed by atoms with Crippen molar-refractivity contribution in [1.82, 2.24) is 9.97 Å². The van der Waals surface area contributed by atoms with Crippen molar-refractivity contribution in [3.05, 3.63) is 29.0 Å². The van der Waals surface area contributed by atoms with Crippen LogP contribution in [-0.2, 0) is 0 Å². The van der Waals surface area contributed by atoms with Gasteiger partial charge in [0.15, 0.2) is 0 Å². The lowest BCUT2D eigenvalue weighted by molar-refractivity contribution is 0.0945. The lowest BCUT2D eigenvalue weighted by atomic mass is 10.1. The number of fused-ring (bicyclic) bond motifs is 1. The van der Waals surface area contributed by atoms with Crippen LogP contribution in [0.4, 0.5) is 5.69 Å². The van der Waals surface area contributed by atoms with Gasteiger partial charge in [0.05, 0.1) is 16.8 Å². The van der Waals surface area contributed by atoms with Gasteiger partial charge in [-0.1, -0.05) is 0 Å². The first-order valence-corrected chi connectivity index (χ1v) is 6.11. The molecule has 0 bridgehead atoms. The topological polar surface area (TPSA) is 58.0 Å². The molecule has 0 saturated heterocycles. The van der Waals surface area contributed by atoms with Crippen LogP contribution in [0.5, 0.6) is 0 Å². The molecule has 2 heterocycles. The summed E-state index contributed by atoms with van der Waals surface area (Å²) >= 11 is 3.36. The van der Waals surface area contributed by atoms with Crippen molar-refractivity contribution < 1.29 is 5.11 Å². The quantitative estimate of drug-likeness (QED) is 0.914. The maximum Gasteiger partial charge on any atom is 0.112 e. The van der Waals surface area contributed by atoms with Crippen LogP contribution in [0.25, 0.3) is 11.0 Å². The molecule has 0 aliphatic heterocycles. The van der Waals surface area contributed by atoms with Gasteiger partial charge in [0, 0.05) is 23.4 Å². The van der Waals surface area contributed by atoms with Gasteiger partial charge < -0.3 is 10.4 Å². The van der Waals surface area contributed by atoms with Crippen molar-refractivity contribution in [3.8, 4) is 0 Å². The molecule has 0 saturated carbocycles. The minimum atomic E-state index is -0.759. The van der Waals surface area contributed by atoms with E-state index in [1.807, 2.05) is 12.1 Å². The van der Waals surface area contributed by atoms with E-state index < -0.39 is 5.60 Å². The van der Waals surface area contributed by atoms with Crippen LogP contribution in [0.1, 0.15) is 13.8 Å². The van der Waals surface area contributed by atoms with E-state index in [-0.39, 0.29) is 0 Å². The Labute approximate surface area is 108 Å². The molecule has 0 atom stereocenters. The van der Waals surface area contributed by atoms with Gasteiger partial charge in [0.1, 0.15) is 5.52 Å². The molecule has 0 amide bonds. The molecule has 5 heteroatoms. The SMILES string of the molecule is CC(C)(O)CNc1ccnc2cc(Br)cnc12. The van der Waals surface area contributed by atoms with Crippen molar-refractivity contribution in [2.45, 2.75) is 19.4 Å². The maximum atomic E-state index is 9.69. The average Bonchev–Trinajstić information content (AvgIpc) is 2.24. The van der Waals surface area contributed by atoms with E-state index >= 15 is 0 Å². The summed E-state index contributed by atoms with van der Waals surface area (Å²) < 4.78 is 0.900. The Kier molecular flexibility index (Phi) is 3.31. The molecule has 0 aromatic carbocycles. The number of hydrogen-bond acceptors (Lipinski definition) is 4. The fraction of sp³-hybridized carbons (Fsp3) is 0.333. The molecule has 2 rings (SSSR count). The third kappa shape index (κ3) is 3.14. The van der Waals surface area contributed by atoms with Crippen molar-refractivity contribution in [2.24, 2.45) is 0 Å². The first-order valence-electron chi connectivity index (χ1n) is 5.32. The summed E-state index contributed by atoms with van der Waals surface area (Å²) in [6.07, 6.45) is 3.46. The van der Waals surface area contributed by atoms with Crippen molar-refractivity contribution in [3.63, 3.8) is 0 Å². The zero-order valence-electron chi connectivity index (χ0n) is 9.74. The standard InChI is InChI=1S/C12H14BrN3O/c1-12(2,17)7-16-9-3-4-14-10-5-8(13)6-15-11(9)10/h3-6,17H,7H2,1-2H3,(H,14,16). The molecule has 0 unspecified atom stereocenters. The van der Waals surface area contributed by atoms with Gasteiger partial charge in [-0.3, -0.25) is 9.97 Å². The van der Waals surface area contributed by atoms with Crippen LogP contribution in [0.15, 0.2) is 29.0 Å². The van der Waals surface area contributed by atoms with Crippen LogP contribution in [-0.4, -0.2) is 27.2 Å². The molecule has 90 valence electrons. The third-order valence-electron chi connectivity index (χ3n) is 2.26. The van der Waals surface area contributed by atoms with E-state index in [1.54, 1.807) is 26.2 Å². The van der Waals surface area contributed by atoms with E-state index in [4.69, 9.17) is 0 Å². The summed E-state index contributed by atoms with van der Waals surface area (Å²) in [6.45, 7) is 3.98. The molecular weight excluding hydrogens is 282 g/mol. The lowest BCUT2D eigenvalue weighted by Crippen LogP contribution is -2.29. The second kappa shape index (κ2) is 4.58. The minimum absolute atomic E-state index is 0.462. The summed E-state index contributed by atoms with van der Waals surface area (Å²) in [5.74, 6) is 0. The predicted octanol–water partition coefficient (Wildman–Crippen LogP) is 2.58. The molecule has 0 spiro atoms. The Morgan fingerprint density at radius 3 is 2.88 bits per heavy atom. The molecule has 17 heavy (non-hydrogen) atoms. The van der Waals surface area contributed by atoms with Crippen molar-refractivity contribution in [2.75, 3.05) is 11.9 Å². The molecule has 0 radical (unpaired) electrons. The average molecular weight is 296 g/mol. The van der Waals surface area contributed by atoms with E-state index in [9.17, 15) is 5.11 Å². The van der Waals surface area contributed by atoms with E-state index in [1.165, 1.54) is 0 Å². The number of pyridine rings is 2. The van der Waals surface area contributed by atoms with Gasteiger partial charge in [-0.25, -0.2) is 0 Å². The van der Waals surface area contributed by atoms with Crippen LogP contribution in [0, 0.1) is 0 Å². The summed E-state index contributed by atoms with van der Waals surface area (Å²) in [4.78, 5) is 8.58. The number of nitrogens with one attached hydrogen (secondary N) is 1. The first-order chi connectivity index (χ1) is 7.96. The minimum Gasteiger partial charge on any atom is -0.389 e.